The molecule has 2 aromatic rings. The lowest BCUT2D eigenvalue weighted by Gasteiger charge is -2.29. The molecule has 1 aliphatic carbocycles. The van der Waals surface area contributed by atoms with Crippen LogP contribution >= 0.6 is 0 Å². The first-order chi connectivity index (χ1) is 22.2. The summed E-state index contributed by atoms with van der Waals surface area (Å²) in [7, 11) is 0. The van der Waals surface area contributed by atoms with Crippen LogP contribution in [0.2, 0.25) is 0 Å². The maximum Gasteiger partial charge on any atom is 0.253 e. The van der Waals surface area contributed by atoms with Crippen LogP contribution in [0.4, 0.5) is 11.4 Å². The van der Waals surface area contributed by atoms with Gasteiger partial charge >= 0.3 is 0 Å². The average Bonchev–Trinajstić information content (AvgIpc) is 3.82. The summed E-state index contributed by atoms with van der Waals surface area (Å²) in [6.07, 6.45) is 9.20. The van der Waals surface area contributed by atoms with Gasteiger partial charge in [0.05, 0.1) is 29.6 Å². The molecule has 4 aliphatic rings. The summed E-state index contributed by atoms with van der Waals surface area (Å²) in [5.74, 6) is -0.527. The predicted molar refractivity (Wildman–Crippen MR) is 173 cm³/mol. The molecular formula is C34H39N7O5. The standard InChI is InChI=1S/C34H39N7O5/c1-2-10-40(14-15-42)32(45)23-16-22-3-4-25(19-28(22)38-29(35)18-23)34(8-9-34)33(46)37-26-17-24-21-39(11-7-27(24)36-20-26)12-13-41-30(43)5-6-31(41)44/h3-6,16-17,19-20,42H,2,7-15,18,21H2,1H3,(H2,35,38)(H,37,46). The van der Waals surface area contributed by atoms with Gasteiger partial charge in [-0.1, -0.05) is 19.1 Å². The second kappa shape index (κ2) is 13.0. The molecule has 0 unspecified atom stereocenters. The first-order valence-corrected chi connectivity index (χ1v) is 15.8. The van der Waals surface area contributed by atoms with Crippen LogP contribution < -0.4 is 11.1 Å². The van der Waals surface area contributed by atoms with E-state index in [0.717, 1.165) is 41.8 Å². The smallest absolute Gasteiger partial charge is 0.253 e. The van der Waals surface area contributed by atoms with E-state index in [0.29, 0.717) is 61.8 Å². The Bertz CT molecular complexity index is 1650. The lowest BCUT2D eigenvalue weighted by molar-refractivity contribution is -0.137. The van der Waals surface area contributed by atoms with Crippen LogP contribution in [0.15, 0.2) is 53.2 Å². The lowest BCUT2D eigenvalue weighted by Crippen LogP contribution is -2.40. The van der Waals surface area contributed by atoms with Gasteiger partial charge in [0.2, 0.25) is 11.8 Å². The van der Waals surface area contributed by atoms with Gasteiger partial charge in [0.25, 0.3) is 11.8 Å². The molecule has 1 aromatic carbocycles. The highest BCUT2D eigenvalue weighted by molar-refractivity contribution is 6.13. The molecule has 6 rings (SSSR count). The van der Waals surface area contributed by atoms with E-state index in [2.05, 4.69) is 20.2 Å². The van der Waals surface area contributed by atoms with E-state index < -0.39 is 5.41 Å². The quantitative estimate of drug-likeness (QED) is 0.320. The number of aliphatic imine (C=N–C) groups is 1. The van der Waals surface area contributed by atoms with Gasteiger partial charge in [-0.2, -0.15) is 0 Å². The summed E-state index contributed by atoms with van der Waals surface area (Å²) in [5, 5.41) is 12.5. The van der Waals surface area contributed by atoms with Crippen molar-refractivity contribution in [3.63, 3.8) is 0 Å². The molecule has 12 heteroatoms. The topological polar surface area (TPSA) is 162 Å². The molecule has 1 aromatic heterocycles. The zero-order valence-electron chi connectivity index (χ0n) is 26.0. The fraction of sp³-hybridized carbons (Fsp3) is 0.412. The van der Waals surface area contributed by atoms with Crippen molar-refractivity contribution in [1.29, 1.82) is 0 Å². The van der Waals surface area contributed by atoms with Crippen LogP contribution in [0.5, 0.6) is 0 Å². The number of aromatic nitrogens is 1. The van der Waals surface area contributed by atoms with Crippen LogP contribution in [-0.4, -0.2) is 93.6 Å². The predicted octanol–water partition coefficient (Wildman–Crippen LogP) is 2.04. The van der Waals surface area contributed by atoms with Gasteiger partial charge in [-0.15, -0.1) is 0 Å². The van der Waals surface area contributed by atoms with Crippen molar-refractivity contribution in [3.8, 4) is 0 Å². The number of carbonyl (C=O) groups is 4. The van der Waals surface area contributed by atoms with Gasteiger partial charge in [-0.3, -0.25) is 34.0 Å². The number of hydrogen-bond acceptors (Lipinski definition) is 9. The van der Waals surface area contributed by atoms with E-state index in [4.69, 9.17) is 5.73 Å². The number of aliphatic hydroxyl groups excluding tert-OH is 1. The molecule has 1 saturated carbocycles. The number of pyridine rings is 1. The first kappa shape index (κ1) is 31.3. The number of anilines is 1. The number of rotatable bonds is 11. The largest absolute Gasteiger partial charge is 0.395 e. The third-order valence-corrected chi connectivity index (χ3v) is 9.08. The van der Waals surface area contributed by atoms with Crippen LogP contribution in [0.25, 0.3) is 6.08 Å². The van der Waals surface area contributed by atoms with Crippen molar-refractivity contribution in [2.24, 2.45) is 10.7 Å². The highest BCUT2D eigenvalue weighted by Gasteiger charge is 2.51. The maximum absolute atomic E-state index is 13.7. The van der Waals surface area contributed by atoms with E-state index >= 15 is 0 Å². The van der Waals surface area contributed by atoms with Crippen molar-refractivity contribution in [1.82, 2.24) is 19.7 Å². The van der Waals surface area contributed by atoms with Crippen LogP contribution in [0.3, 0.4) is 0 Å². The molecule has 0 saturated heterocycles. The van der Waals surface area contributed by atoms with Crippen molar-refractivity contribution < 1.29 is 24.3 Å². The molecule has 4 N–H and O–H groups in total. The number of benzene rings is 1. The number of carbonyl (C=O) groups excluding carboxylic acids is 4. The molecule has 46 heavy (non-hydrogen) atoms. The molecule has 4 amide bonds. The van der Waals surface area contributed by atoms with Crippen molar-refractivity contribution in [2.45, 2.75) is 51.0 Å². The minimum Gasteiger partial charge on any atom is -0.395 e. The third-order valence-electron chi connectivity index (χ3n) is 9.08. The van der Waals surface area contributed by atoms with Gasteiger partial charge in [0.15, 0.2) is 0 Å². The van der Waals surface area contributed by atoms with Gasteiger partial charge in [0.1, 0.15) is 5.84 Å². The SMILES string of the molecule is CCCN(CCO)C(=O)C1=Cc2ccc(C3(C(=O)Nc4cnc5c(c4)CN(CCN4C(=O)C=CC4=O)CC5)CC3)cc2N=C(N)C1. The minimum atomic E-state index is -0.697. The van der Waals surface area contributed by atoms with E-state index in [9.17, 15) is 24.3 Å². The Labute approximate surface area is 267 Å². The Morgan fingerprint density at radius 3 is 2.61 bits per heavy atom. The van der Waals surface area contributed by atoms with Crippen LogP contribution in [0.1, 0.15) is 55.0 Å². The van der Waals surface area contributed by atoms with Crippen LogP contribution in [0, 0.1) is 0 Å². The van der Waals surface area contributed by atoms with Crippen molar-refractivity contribution >= 4 is 46.9 Å². The summed E-state index contributed by atoms with van der Waals surface area (Å²) >= 11 is 0. The van der Waals surface area contributed by atoms with Crippen LogP contribution in [-0.2, 0) is 37.6 Å². The normalized spacial score (nSPS) is 18.3. The molecule has 0 spiro atoms. The Balaban J connectivity index is 1.15. The lowest BCUT2D eigenvalue weighted by atomic mass is 9.92. The molecule has 12 nitrogen and oxygen atoms in total. The Hall–Kier alpha value is -4.68. The Morgan fingerprint density at radius 2 is 1.89 bits per heavy atom. The highest BCUT2D eigenvalue weighted by atomic mass is 16.3. The van der Waals surface area contributed by atoms with Crippen molar-refractivity contribution in [3.05, 3.63) is 70.6 Å². The number of aliphatic hydroxyl groups is 1. The van der Waals surface area contributed by atoms with E-state index in [1.807, 2.05) is 37.3 Å². The summed E-state index contributed by atoms with van der Waals surface area (Å²) in [5.41, 5.74) is 10.9. The van der Waals surface area contributed by atoms with Gasteiger partial charge in [0, 0.05) is 81.1 Å². The average molecular weight is 626 g/mol. The highest BCUT2D eigenvalue weighted by Crippen LogP contribution is 2.50. The molecule has 240 valence electrons. The van der Waals surface area contributed by atoms with E-state index in [1.54, 1.807) is 11.1 Å². The first-order valence-electron chi connectivity index (χ1n) is 15.8. The number of amides is 4. The number of nitrogens with two attached hydrogens (primary N) is 1. The Morgan fingerprint density at radius 1 is 1.11 bits per heavy atom. The number of amidine groups is 1. The molecular weight excluding hydrogens is 586 g/mol. The van der Waals surface area contributed by atoms with Gasteiger partial charge in [-0.25, -0.2) is 4.99 Å². The summed E-state index contributed by atoms with van der Waals surface area (Å²) in [6, 6.07) is 7.66. The summed E-state index contributed by atoms with van der Waals surface area (Å²) in [4.78, 5) is 65.1. The summed E-state index contributed by atoms with van der Waals surface area (Å²) in [6.45, 7) is 4.94. The molecule has 1 fully saturated rings. The van der Waals surface area contributed by atoms with E-state index in [1.165, 1.54) is 17.1 Å². The second-order valence-corrected chi connectivity index (χ2v) is 12.3. The zero-order chi connectivity index (χ0) is 32.4. The minimum absolute atomic E-state index is 0.114. The fourth-order valence-electron chi connectivity index (χ4n) is 6.39. The monoisotopic (exact) mass is 625 g/mol. The van der Waals surface area contributed by atoms with Gasteiger partial charge in [-0.05, 0) is 48.6 Å². The van der Waals surface area contributed by atoms with E-state index in [-0.39, 0.29) is 43.2 Å². The summed E-state index contributed by atoms with van der Waals surface area (Å²) < 4.78 is 0. The molecule has 0 bridgehead atoms. The maximum atomic E-state index is 13.7. The number of imide groups is 1. The number of nitrogens with zero attached hydrogens (tertiary/aromatic N) is 5. The number of hydrogen-bond donors (Lipinski definition) is 3. The second-order valence-electron chi connectivity index (χ2n) is 12.3. The zero-order valence-corrected chi connectivity index (χ0v) is 26.0. The fourth-order valence-corrected chi connectivity index (χ4v) is 6.39. The van der Waals surface area contributed by atoms with Gasteiger partial charge < -0.3 is 21.1 Å². The number of fused-ring (bicyclic) bond motifs is 2. The Kier molecular flexibility index (Phi) is 8.83. The van der Waals surface area contributed by atoms with Crippen molar-refractivity contribution in [2.75, 3.05) is 44.6 Å². The molecule has 0 radical (unpaired) electrons. The molecule has 0 atom stereocenters. The number of nitrogens with one attached hydrogen (secondary N) is 1. The third kappa shape index (κ3) is 6.35. The molecule has 4 heterocycles. The molecule has 3 aliphatic heterocycles.